The summed E-state index contributed by atoms with van der Waals surface area (Å²) in [7, 11) is -2.63. The monoisotopic (exact) mass is 589 g/mol. The van der Waals surface area contributed by atoms with Crippen molar-refractivity contribution in [3.8, 4) is 0 Å². The average Bonchev–Trinajstić information content (AvgIpc) is 2.93. The maximum atomic E-state index is 14.0. The molecule has 0 fully saturated rings. The summed E-state index contributed by atoms with van der Waals surface area (Å²) in [5.74, 6) is -0.883. The van der Waals surface area contributed by atoms with E-state index in [0.29, 0.717) is 34.1 Å². The highest BCUT2D eigenvalue weighted by molar-refractivity contribution is 7.92. The molecule has 10 heteroatoms. The molecule has 0 bridgehead atoms. The molecule has 3 rings (SSSR count). The van der Waals surface area contributed by atoms with Crippen molar-refractivity contribution in [2.75, 3.05) is 17.9 Å². The third-order valence-electron chi connectivity index (χ3n) is 6.50. The Morgan fingerprint density at radius 3 is 2.21 bits per heavy atom. The van der Waals surface area contributed by atoms with Gasteiger partial charge in [-0.05, 0) is 61.2 Å². The molecule has 0 saturated heterocycles. The number of anilines is 1. The first-order chi connectivity index (χ1) is 18.5. The first kappa shape index (κ1) is 30.5. The second-order valence-corrected chi connectivity index (χ2v) is 11.8. The molecule has 0 radical (unpaired) electrons. The maximum absolute atomic E-state index is 14.0. The zero-order valence-electron chi connectivity index (χ0n) is 22.4. The number of likely N-dealkylation sites (N-methyl/N-ethyl adjacent to an activating group) is 1. The summed E-state index contributed by atoms with van der Waals surface area (Å²) < 4.78 is 29.1. The first-order valence-electron chi connectivity index (χ1n) is 12.7. The second-order valence-electron chi connectivity index (χ2n) is 9.12. The minimum Gasteiger partial charge on any atom is -0.357 e. The number of benzene rings is 3. The molecule has 1 atom stereocenters. The van der Waals surface area contributed by atoms with Crippen molar-refractivity contribution in [1.29, 1.82) is 0 Å². The second kappa shape index (κ2) is 13.3. The molecule has 0 aromatic heterocycles. The number of nitrogens with one attached hydrogen (secondary N) is 1. The number of para-hydroxylation sites is 1. The predicted molar refractivity (Wildman–Crippen MR) is 157 cm³/mol. The van der Waals surface area contributed by atoms with Crippen molar-refractivity contribution in [1.82, 2.24) is 10.2 Å². The van der Waals surface area contributed by atoms with Gasteiger partial charge in [0, 0.05) is 13.6 Å². The molecule has 0 aliphatic carbocycles. The number of carbonyl (C=O) groups excluding carboxylic acids is 2. The van der Waals surface area contributed by atoms with E-state index >= 15 is 0 Å². The largest absolute Gasteiger partial charge is 0.357 e. The summed E-state index contributed by atoms with van der Waals surface area (Å²) >= 11 is 12.3. The fourth-order valence-electron chi connectivity index (χ4n) is 4.32. The molecule has 3 aromatic rings. The Hall–Kier alpha value is -3.07. The molecule has 208 valence electrons. The Kier molecular flexibility index (Phi) is 10.4. The van der Waals surface area contributed by atoms with E-state index in [2.05, 4.69) is 5.32 Å². The van der Waals surface area contributed by atoms with Crippen LogP contribution in [0, 0.1) is 6.92 Å². The lowest BCUT2D eigenvalue weighted by molar-refractivity contribution is -0.140. The van der Waals surface area contributed by atoms with Crippen molar-refractivity contribution in [2.45, 2.75) is 51.1 Å². The van der Waals surface area contributed by atoms with Gasteiger partial charge >= 0.3 is 0 Å². The van der Waals surface area contributed by atoms with Gasteiger partial charge in [-0.25, -0.2) is 8.42 Å². The van der Waals surface area contributed by atoms with Crippen LogP contribution in [0.25, 0.3) is 0 Å². The van der Waals surface area contributed by atoms with Gasteiger partial charge in [-0.1, -0.05) is 79.0 Å². The summed E-state index contributed by atoms with van der Waals surface area (Å²) in [6.45, 7) is 5.13. The molecule has 7 nitrogen and oxygen atoms in total. The summed E-state index contributed by atoms with van der Waals surface area (Å²) in [6.07, 6.45) is 0.885. The van der Waals surface area contributed by atoms with Gasteiger partial charge in [-0.2, -0.15) is 0 Å². The number of aryl methyl sites for hydroxylation is 2. The maximum Gasteiger partial charge on any atom is 0.264 e. The first-order valence-corrected chi connectivity index (χ1v) is 14.8. The number of hydrogen-bond acceptors (Lipinski definition) is 4. The molecular formula is C29H33Cl2N3O4S. The van der Waals surface area contributed by atoms with Crippen LogP contribution in [0.3, 0.4) is 0 Å². The van der Waals surface area contributed by atoms with Crippen molar-refractivity contribution < 1.29 is 18.0 Å². The van der Waals surface area contributed by atoms with Crippen molar-refractivity contribution in [3.05, 3.63) is 93.5 Å². The van der Waals surface area contributed by atoms with Gasteiger partial charge in [0.25, 0.3) is 10.0 Å². The Morgan fingerprint density at radius 2 is 1.62 bits per heavy atom. The molecule has 1 unspecified atom stereocenters. The highest BCUT2D eigenvalue weighted by atomic mass is 35.5. The number of halogens is 2. The van der Waals surface area contributed by atoms with Crippen LogP contribution in [0.1, 0.15) is 37.0 Å². The van der Waals surface area contributed by atoms with Crippen molar-refractivity contribution >= 4 is 50.7 Å². The molecule has 0 heterocycles. The van der Waals surface area contributed by atoms with Gasteiger partial charge in [0.15, 0.2) is 0 Å². The normalized spacial score (nSPS) is 12.1. The summed E-state index contributed by atoms with van der Waals surface area (Å²) in [5, 5.41) is 3.29. The third-order valence-corrected chi connectivity index (χ3v) is 9.01. The van der Waals surface area contributed by atoms with Crippen LogP contribution in [0.15, 0.2) is 71.6 Å². The minimum atomic E-state index is -4.13. The number of hydrogen-bond donors (Lipinski definition) is 1. The van der Waals surface area contributed by atoms with Crippen LogP contribution in [0.4, 0.5) is 5.69 Å². The zero-order chi connectivity index (χ0) is 28.7. The van der Waals surface area contributed by atoms with E-state index in [1.807, 2.05) is 26.0 Å². The number of carbonyl (C=O) groups is 2. The quantitative estimate of drug-likeness (QED) is 0.315. The molecule has 3 aromatic carbocycles. The standard InChI is InChI=1S/C29H33Cl2N3O4S/c1-5-22-9-7-8-10-27(22)34(39(37,38)23-14-11-20(3)12-15-23)19-28(35)33(26(6-2)29(36)32-4)18-21-13-16-24(30)25(31)17-21/h7-17,26H,5-6,18-19H2,1-4H3,(H,32,36). The molecule has 1 N–H and O–H groups in total. The lowest BCUT2D eigenvalue weighted by Gasteiger charge is -2.33. The smallest absolute Gasteiger partial charge is 0.264 e. The zero-order valence-corrected chi connectivity index (χ0v) is 24.8. The Bertz CT molecular complexity index is 1430. The Balaban J connectivity index is 2.11. The highest BCUT2D eigenvalue weighted by Crippen LogP contribution is 2.29. The van der Waals surface area contributed by atoms with Crippen molar-refractivity contribution in [3.63, 3.8) is 0 Å². The number of nitrogens with zero attached hydrogens (tertiary/aromatic N) is 2. The van der Waals surface area contributed by atoms with E-state index in [1.165, 1.54) is 24.1 Å². The topological polar surface area (TPSA) is 86.8 Å². The summed E-state index contributed by atoms with van der Waals surface area (Å²) in [4.78, 5) is 28.3. The molecule has 0 saturated carbocycles. The fourth-order valence-corrected chi connectivity index (χ4v) is 6.10. The van der Waals surface area contributed by atoms with E-state index in [9.17, 15) is 18.0 Å². The molecule has 39 heavy (non-hydrogen) atoms. The molecule has 0 aliphatic rings. The van der Waals surface area contributed by atoms with E-state index in [0.717, 1.165) is 15.4 Å². The Morgan fingerprint density at radius 1 is 0.949 bits per heavy atom. The van der Waals surface area contributed by atoms with Gasteiger partial charge in [0.05, 0.1) is 20.6 Å². The van der Waals surface area contributed by atoms with E-state index in [4.69, 9.17) is 23.2 Å². The van der Waals surface area contributed by atoms with Crippen LogP contribution in [-0.2, 0) is 32.6 Å². The number of rotatable bonds is 11. The van der Waals surface area contributed by atoms with Gasteiger partial charge in [0.2, 0.25) is 11.8 Å². The molecule has 0 spiro atoms. The molecular weight excluding hydrogens is 557 g/mol. The van der Waals surface area contributed by atoms with E-state index in [1.54, 1.807) is 49.4 Å². The highest BCUT2D eigenvalue weighted by Gasteiger charge is 2.34. The number of sulfonamides is 1. The third kappa shape index (κ3) is 7.12. The summed E-state index contributed by atoms with van der Waals surface area (Å²) in [6, 6.07) is 17.7. The van der Waals surface area contributed by atoms with Gasteiger partial charge in [-0.3, -0.25) is 13.9 Å². The lowest BCUT2D eigenvalue weighted by atomic mass is 10.1. The summed E-state index contributed by atoms with van der Waals surface area (Å²) in [5.41, 5.74) is 2.75. The number of amides is 2. The van der Waals surface area contributed by atoms with Crippen LogP contribution >= 0.6 is 23.2 Å². The van der Waals surface area contributed by atoms with Crippen LogP contribution < -0.4 is 9.62 Å². The fraction of sp³-hybridized carbons (Fsp3) is 0.310. The Labute approximate surface area is 240 Å². The average molecular weight is 591 g/mol. The molecule has 2 amide bonds. The van der Waals surface area contributed by atoms with Gasteiger partial charge in [-0.15, -0.1) is 0 Å². The van der Waals surface area contributed by atoms with Crippen LogP contribution in [-0.4, -0.2) is 44.8 Å². The van der Waals surface area contributed by atoms with Crippen molar-refractivity contribution in [2.24, 2.45) is 0 Å². The van der Waals surface area contributed by atoms with Crippen LogP contribution in [0.5, 0.6) is 0 Å². The predicted octanol–water partition coefficient (Wildman–Crippen LogP) is 5.61. The van der Waals surface area contributed by atoms with Gasteiger partial charge in [0.1, 0.15) is 12.6 Å². The minimum absolute atomic E-state index is 0.0372. The van der Waals surface area contributed by atoms with Crippen LogP contribution in [0.2, 0.25) is 10.0 Å². The van der Waals surface area contributed by atoms with E-state index in [-0.39, 0.29) is 17.3 Å². The SMILES string of the molecule is CCc1ccccc1N(CC(=O)N(Cc1ccc(Cl)c(Cl)c1)C(CC)C(=O)NC)S(=O)(=O)c1ccc(C)cc1. The van der Waals surface area contributed by atoms with E-state index < -0.39 is 28.5 Å². The molecule has 0 aliphatic heterocycles. The lowest BCUT2D eigenvalue weighted by Crippen LogP contribution is -2.51. The van der Waals surface area contributed by atoms with Gasteiger partial charge < -0.3 is 10.2 Å².